The number of hydrogen-bond acceptors (Lipinski definition) is 2. The molecular weight excluding hydrogens is 246 g/mol. The summed E-state index contributed by atoms with van der Waals surface area (Å²) < 4.78 is 0. The number of hydrogen-bond donors (Lipinski definition) is 1. The highest BCUT2D eigenvalue weighted by Crippen LogP contribution is 2.36. The molecule has 2 rings (SSSR count). The fraction of sp³-hybridized carbons (Fsp3) is 0.611. The van der Waals surface area contributed by atoms with Gasteiger partial charge in [-0.1, -0.05) is 52.0 Å². The third kappa shape index (κ3) is 2.95. The maximum atomic E-state index is 12.9. The van der Waals surface area contributed by atoms with E-state index in [9.17, 15) is 4.79 Å². The van der Waals surface area contributed by atoms with Gasteiger partial charge >= 0.3 is 0 Å². The molecule has 0 radical (unpaired) electrons. The zero-order chi connectivity index (χ0) is 14.8. The molecule has 1 aliphatic heterocycles. The number of Topliss-reactive ketones (excluding diaryl/α,β-unsaturated/α-hetero) is 1. The first-order valence-corrected chi connectivity index (χ1v) is 7.75. The maximum Gasteiger partial charge on any atom is 0.169 e. The first-order chi connectivity index (χ1) is 9.39. The SMILES string of the molecule is CCC1(C(=O)c2ccc(C(C)(C)C)cc2)CCNCC1. The lowest BCUT2D eigenvalue weighted by Gasteiger charge is -2.35. The van der Waals surface area contributed by atoms with Crippen molar-refractivity contribution in [2.45, 2.75) is 52.4 Å². The molecule has 0 amide bonds. The highest BCUT2D eigenvalue weighted by Gasteiger charge is 2.38. The summed E-state index contributed by atoms with van der Waals surface area (Å²) in [4.78, 5) is 12.9. The molecule has 0 spiro atoms. The lowest BCUT2D eigenvalue weighted by atomic mass is 9.71. The number of ketones is 1. The van der Waals surface area contributed by atoms with Crippen LogP contribution >= 0.6 is 0 Å². The van der Waals surface area contributed by atoms with Crippen LogP contribution in [0.4, 0.5) is 0 Å². The highest BCUT2D eigenvalue weighted by atomic mass is 16.1. The summed E-state index contributed by atoms with van der Waals surface area (Å²) in [5.41, 5.74) is 2.15. The van der Waals surface area contributed by atoms with Crippen molar-refractivity contribution in [3.05, 3.63) is 35.4 Å². The molecule has 110 valence electrons. The highest BCUT2D eigenvalue weighted by molar-refractivity contribution is 6.00. The smallest absolute Gasteiger partial charge is 0.169 e. The van der Waals surface area contributed by atoms with Crippen molar-refractivity contribution in [3.8, 4) is 0 Å². The van der Waals surface area contributed by atoms with Crippen LogP contribution in [0.2, 0.25) is 0 Å². The second-order valence-corrected chi connectivity index (χ2v) is 7.04. The van der Waals surface area contributed by atoms with Crippen molar-refractivity contribution in [2.75, 3.05) is 13.1 Å². The van der Waals surface area contributed by atoms with Gasteiger partial charge in [0.05, 0.1) is 0 Å². The zero-order valence-corrected chi connectivity index (χ0v) is 13.3. The summed E-state index contributed by atoms with van der Waals surface area (Å²) in [6.07, 6.45) is 2.86. The summed E-state index contributed by atoms with van der Waals surface area (Å²) in [7, 11) is 0. The molecule has 1 N–H and O–H groups in total. The van der Waals surface area contributed by atoms with Crippen molar-refractivity contribution >= 4 is 5.78 Å². The minimum absolute atomic E-state index is 0.138. The average molecular weight is 273 g/mol. The molecule has 2 heteroatoms. The molecule has 1 aliphatic rings. The molecule has 2 nitrogen and oxygen atoms in total. The number of carbonyl (C=O) groups is 1. The van der Waals surface area contributed by atoms with E-state index in [1.165, 1.54) is 5.56 Å². The van der Waals surface area contributed by atoms with Crippen LogP contribution in [0, 0.1) is 5.41 Å². The summed E-state index contributed by atoms with van der Waals surface area (Å²) in [5, 5.41) is 3.36. The number of carbonyl (C=O) groups excluding carboxylic acids is 1. The Morgan fingerprint density at radius 2 is 1.70 bits per heavy atom. The van der Waals surface area contributed by atoms with Crippen LogP contribution in [-0.2, 0) is 5.41 Å². The Hall–Kier alpha value is -1.15. The van der Waals surface area contributed by atoms with Crippen molar-refractivity contribution in [1.82, 2.24) is 5.32 Å². The predicted molar refractivity (Wildman–Crippen MR) is 84.3 cm³/mol. The molecular formula is C18H27NO. The van der Waals surface area contributed by atoms with Crippen molar-refractivity contribution < 1.29 is 4.79 Å². The number of piperidine rings is 1. The van der Waals surface area contributed by atoms with Crippen LogP contribution in [0.5, 0.6) is 0 Å². The van der Waals surface area contributed by atoms with Crippen molar-refractivity contribution in [3.63, 3.8) is 0 Å². The van der Waals surface area contributed by atoms with E-state index in [4.69, 9.17) is 0 Å². The second kappa shape index (κ2) is 5.69. The Kier molecular flexibility index (Phi) is 4.33. The minimum Gasteiger partial charge on any atom is -0.317 e. The van der Waals surface area contributed by atoms with Gasteiger partial charge in [-0.15, -0.1) is 0 Å². The average Bonchev–Trinajstić information content (AvgIpc) is 2.46. The molecule has 0 aromatic heterocycles. The van der Waals surface area contributed by atoms with E-state index in [0.29, 0.717) is 5.78 Å². The zero-order valence-electron chi connectivity index (χ0n) is 13.3. The fourth-order valence-electron chi connectivity index (χ4n) is 3.07. The van der Waals surface area contributed by atoms with E-state index in [1.807, 2.05) is 12.1 Å². The van der Waals surface area contributed by atoms with E-state index in [0.717, 1.165) is 37.9 Å². The summed E-state index contributed by atoms with van der Waals surface area (Å²) in [6.45, 7) is 10.7. The molecule has 0 atom stereocenters. The number of benzene rings is 1. The largest absolute Gasteiger partial charge is 0.317 e. The van der Waals surface area contributed by atoms with Gasteiger partial charge in [0.1, 0.15) is 0 Å². The summed E-state index contributed by atoms with van der Waals surface area (Å²) in [6, 6.07) is 8.25. The Labute approximate surface area is 123 Å². The fourth-order valence-corrected chi connectivity index (χ4v) is 3.07. The van der Waals surface area contributed by atoms with Crippen molar-refractivity contribution in [1.29, 1.82) is 0 Å². The molecule has 1 heterocycles. The monoisotopic (exact) mass is 273 g/mol. The molecule has 0 bridgehead atoms. The van der Waals surface area contributed by atoms with Crippen LogP contribution in [0.25, 0.3) is 0 Å². The standard InChI is InChI=1S/C18H27NO/c1-5-18(10-12-19-13-11-18)16(20)14-6-8-15(9-7-14)17(2,3)4/h6-9,19H,5,10-13H2,1-4H3. The molecule has 1 aromatic carbocycles. The Bertz CT molecular complexity index is 461. The molecule has 20 heavy (non-hydrogen) atoms. The van der Waals surface area contributed by atoms with Gasteiger partial charge in [0.25, 0.3) is 0 Å². The van der Waals surface area contributed by atoms with Gasteiger partial charge in [-0.3, -0.25) is 4.79 Å². The van der Waals surface area contributed by atoms with Gasteiger partial charge in [-0.25, -0.2) is 0 Å². The van der Waals surface area contributed by atoms with Gasteiger partial charge in [-0.05, 0) is 43.3 Å². The van der Waals surface area contributed by atoms with Crippen molar-refractivity contribution in [2.24, 2.45) is 5.41 Å². The quantitative estimate of drug-likeness (QED) is 0.845. The van der Waals surface area contributed by atoms with Crippen LogP contribution in [0.1, 0.15) is 62.9 Å². The van der Waals surface area contributed by atoms with Gasteiger partial charge in [0.15, 0.2) is 5.78 Å². The maximum absolute atomic E-state index is 12.9. The minimum atomic E-state index is -0.144. The Morgan fingerprint density at radius 1 is 1.15 bits per heavy atom. The predicted octanol–water partition coefficient (Wildman–Crippen LogP) is 3.95. The van der Waals surface area contributed by atoms with Crippen LogP contribution in [-0.4, -0.2) is 18.9 Å². The molecule has 0 aliphatic carbocycles. The number of rotatable bonds is 3. The normalized spacial score (nSPS) is 18.8. The molecule has 1 aromatic rings. The topological polar surface area (TPSA) is 29.1 Å². The van der Waals surface area contributed by atoms with Crippen LogP contribution < -0.4 is 5.32 Å². The second-order valence-electron chi connectivity index (χ2n) is 7.04. The summed E-state index contributed by atoms with van der Waals surface area (Å²) >= 11 is 0. The Balaban J connectivity index is 2.24. The summed E-state index contributed by atoms with van der Waals surface area (Å²) in [5.74, 6) is 0.335. The Morgan fingerprint density at radius 3 is 2.15 bits per heavy atom. The molecule has 0 unspecified atom stereocenters. The van der Waals surface area contributed by atoms with E-state index in [2.05, 4.69) is 45.1 Å². The lowest BCUT2D eigenvalue weighted by Crippen LogP contribution is -2.41. The molecule has 1 saturated heterocycles. The van der Waals surface area contributed by atoms with Gasteiger partial charge in [-0.2, -0.15) is 0 Å². The third-order valence-corrected chi connectivity index (χ3v) is 4.73. The van der Waals surface area contributed by atoms with Crippen LogP contribution in [0.3, 0.4) is 0 Å². The first-order valence-electron chi connectivity index (χ1n) is 7.75. The first kappa shape index (κ1) is 15.2. The molecule has 0 saturated carbocycles. The van der Waals surface area contributed by atoms with Gasteiger partial charge in [0.2, 0.25) is 0 Å². The lowest BCUT2D eigenvalue weighted by molar-refractivity contribution is 0.0717. The van der Waals surface area contributed by atoms with E-state index >= 15 is 0 Å². The number of nitrogens with one attached hydrogen (secondary N) is 1. The van der Waals surface area contributed by atoms with E-state index < -0.39 is 0 Å². The third-order valence-electron chi connectivity index (χ3n) is 4.73. The van der Waals surface area contributed by atoms with E-state index in [1.54, 1.807) is 0 Å². The van der Waals surface area contributed by atoms with E-state index in [-0.39, 0.29) is 10.8 Å². The van der Waals surface area contributed by atoms with Gasteiger partial charge in [0, 0.05) is 11.0 Å². The van der Waals surface area contributed by atoms with Crippen LogP contribution in [0.15, 0.2) is 24.3 Å². The van der Waals surface area contributed by atoms with Gasteiger partial charge < -0.3 is 5.32 Å². The molecule has 1 fully saturated rings.